The van der Waals surface area contributed by atoms with Crippen LogP contribution in [0.2, 0.25) is 0 Å². The highest BCUT2D eigenvalue weighted by Gasteiger charge is 2.31. The van der Waals surface area contributed by atoms with Gasteiger partial charge in [-0.15, -0.1) is 0 Å². The Morgan fingerprint density at radius 1 is 1.09 bits per heavy atom. The fourth-order valence-corrected chi connectivity index (χ4v) is 5.46. The minimum atomic E-state index is -3.67. The van der Waals surface area contributed by atoms with E-state index >= 15 is 0 Å². The normalized spacial score (nSPS) is 15.6. The summed E-state index contributed by atoms with van der Waals surface area (Å²) < 4.78 is 62.3. The number of aryl methyl sites for hydroxylation is 2. The zero-order valence-corrected chi connectivity index (χ0v) is 19.3. The summed E-state index contributed by atoms with van der Waals surface area (Å²) in [7, 11) is -2.42. The summed E-state index contributed by atoms with van der Waals surface area (Å²) >= 11 is 0. The standard InChI is InChI=1S/C21H25F2N3O6S/c1-14-4-5-15(2)20(10-14)33(29,30)25-8-6-24(7-9-25)13-16-11-18(31-3)19(32-21(22)23)12-17(16)26(27)28/h4-5,10-12,21H,6-9,13H2,1-3H3. The molecule has 33 heavy (non-hydrogen) atoms. The van der Waals surface area contributed by atoms with Gasteiger partial charge in [0.05, 0.1) is 23.0 Å². The molecule has 9 nitrogen and oxygen atoms in total. The van der Waals surface area contributed by atoms with Crippen LogP contribution in [-0.2, 0) is 16.6 Å². The number of nitrogens with zero attached hydrogens (tertiary/aromatic N) is 3. The lowest BCUT2D eigenvalue weighted by Gasteiger charge is -2.34. The lowest BCUT2D eigenvalue weighted by molar-refractivity contribution is -0.385. The lowest BCUT2D eigenvalue weighted by Crippen LogP contribution is -2.48. The second kappa shape index (κ2) is 9.98. The van der Waals surface area contributed by atoms with Gasteiger partial charge in [-0.3, -0.25) is 15.0 Å². The molecule has 0 saturated carbocycles. The van der Waals surface area contributed by atoms with Crippen LogP contribution in [0.25, 0.3) is 0 Å². The van der Waals surface area contributed by atoms with Crippen LogP contribution in [0.5, 0.6) is 11.5 Å². The van der Waals surface area contributed by atoms with Crippen molar-refractivity contribution in [3.05, 3.63) is 57.1 Å². The summed E-state index contributed by atoms with van der Waals surface area (Å²) in [6.07, 6.45) is 0. The van der Waals surface area contributed by atoms with Crippen molar-refractivity contribution in [3.8, 4) is 11.5 Å². The minimum Gasteiger partial charge on any atom is -0.493 e. The van der Waals surface area contributed by atoms with Crippen molar-refractivity contribution in [1.82, 2.24) is 9.21 Å². The zero-order valence-electron chi connectivity index (χ0n) is 18.5. The Balaban J connectivity index is 1.77. The van der Waals surface area contributed by atoms with Crippen LogP contribution in [0.3, 0.4) is 0 Å². The summed E-state index contributed by atoms with van der Waals surface area (Å²) in [5.41, 5.74) is 1.39. The van der Waals surface area contributed by atoms with Gasteiger partial charge in [-0.1, -0.05) is 12.1 Å². The number of benzene rings is 2. The summed E-state index contributed by atoms with van der Waals surface area (Å²) in [5.74, 6) is -0.473. The average Bonchev–Trinajstić information content (AvgIpc) is 2.75. The maximum absolute atomic E-state index is 13.1. The highest BCUT2D eigenvalue weighted by Crippen LogP contribution is 2.36. The van der Waals surface area contributed by atoms with E-state index in [1.165, 1.54) is 17.5 Å². The third kappa shape index (κ3) is 5.57. The first-order chi connectivity index (χ1) is 15.5. The largest absolute Gasteiger partial charge is 0.493 e. The van der Waals surface area contributed by atoms with E-state index < -0.39 is 27.3 Å². The van der Waals surface area contributed by atoms with E-state index in [1.54, 1.807) is 19.1 Å². The molecule has 0 amide bonds. The fourth-order valence-electron chi connectivity index (χ4n) is 3.73. The summed E-state index contributed by atoms with van der Waals surface area (Å²) in [5, 5.41) is 11.5. The van der Waals surface area contributed by atoms with Crippen LogP contribution >= 0.6 is 0 Å². The number of hydrogen-bond acceptors (Lipinski definition) is 7. The van der Waals surface area contributed by atoms with Crippen LogP contribution in [0.4, 0.5) is 14.5 Å². The smallest absolute Gasteiger partial charge is 0.387 e. The van der Waals surface area contributed by atoms with E-state index in [1.807, 2.05) is 17.9 Å². The molecule has 0 bridgehead atoms. The fraction of sp³-hybridized carbons (Fsp3) is 0.429. The van der Waals surface area contributed by atoms with Crippen molar-refractivity contribution >= 4 is 15.7 Å². The molecule has 180 valence electrons. The van der Waals surface area contributed by atoms with Gasteiger partial charge < -0.3 is 9.47 Å². The highest BCUT2D eigenvalue weighted by atomic mass is 32.2. The average molecular weight is 486 g/mol. The van der Waals surface area contributed by atoms with Crippen LogP contribution in [-0.4, -0.2) is 62.4 Å². The maximum Gasteiger partial charge on any atom is 0.387 e. The third-order valence-electron chi connectivity index (χ3n) is 5.46. The Bertz CT molecular complexity index is 1140. The number of nitro benzene ring substituents is 1. The topological polar surface area (TPSA) is 102 Å². The molecule has 1 fully saturated rings. The van der Waals surface area contributed by atoms with E-state index in [2.05, 4.69) is 4.74 Å². The highest BCUT2D eigenvalue weighted by molar-refractivity contribution is 7.89. The van der Waals surface area contributed by atoms with Crippen molar-refractivity contribution in [2.45, 2.75) is 31.9 Å². The molecule has 1 heterocycles. The van der Waals surface area contributed by atoms with Gasteiger partial charge >= 0.3 is 6.61 Å². The molecule has 12 heteroatoms. The number of nitro groups is 1. The Morgan fingerprint density at radius 3 is 2.33 bits per heavy atom. The van der Waals surface area contributed by atoms with Gasteiger partial charge in [0.25, 0.3) is 5.69 Å². The number of ether oxygens (including phenoxy) is 2. The maximum atomic E-state index is 13.1. The van der Waals surface area contributed by atoms with Crippen molar-refractivity contribution in [1.29, 1.82) is 0 Å². The number of sulfonamides is 1. The van der Waals surface area contributed by atoms with Crippen LogP contribution in [0.15, 0.2) is 35.2 Å². The molecular formula is C21H25F2N3O6S. The molecule has 1 aliphatic heterocycles. The molecule has 0 radical (unpaired) electrons. The number of halogens is 2. The van der Waals surface area contributed by atoms with Gasteiger partial charge in [-0.25, -0.2) is 8.42 Å². The zero-order chi connectivity index (χ0) is 24.3. The number of rotatable bonds is 8. The molecule has 2 aromatic carbocycles. The molecule has 2 aromatic rings. The predicted molar refractivity (Wildman–Crippen MR) is 116 cm³/mol. The molecule has 1 saturated heterocycles. The van der Waals surface area contributed by atoms with Crippen LogP contribution in [0.1, 0.15) is 16.7 Å². The molecule has 0 N–H and O–H groups in total. The summed E-state index contributed by atoms with van der Waals surface area (Å²) in [4.78, 5) is 13.0. The van der Waals surface area contributed by atoms with Gasteiger partial charge in [0, 0.05) is 38.3 Å². The van der Waals surface area contributed by atoms with Crippen molar-refractivity contribution in [2.24, 2.45) is 0 Å². The number of hydrogen-bond donors (Lipinski definition) is 0. The number of alkyl halides is 2. The minimum absolute atomic E-state index is 0.0490. The Labute approximate surface area is 190 Å². The van der Waals surface area contributed by atoms with Gasteiger partial charge in [-0.05, 0) is 37.1 Å². The molecule has 0 spiro atoms. The van der Waals surface area contributed by atoms with E-state index in [9.17, 15) is 27.3 Å². The van der Waals surface area contributed by atoms with Crippen LogP contribution < -0.4 is 9.47 Å². The van der Waals surface area contributed by atoms with Crippen molar-refractivity contribution < 1.29 is 31.6 Å². The third-order valence-corrected chi connectivity index (χ3v) is 7.50. The lowest BCUT2D eigenvalue weighted by atomic mass is 10.1. The first-order valence-corrected chi connectivity index (χ1v) is 11.6. The second-order valence-electron chi connectivity index (χ2n) is 7.72. The van der Waals surface area contributed by atoms with Crippen molar-refractivity contribution in [3.63, 3.8) is 0 Å². The summed E-state index contributed by atoms with van der Waals surface area (Å²) in [6, 6.07) is 7.49. The SMILES string of the molecule is COc1cc(CN2CCN(S(=O)(=O)c3cc(C)ccc3C)CC2)c([N+](=O)[O-])cc1OC(F)F. The first kappa shape index (κ1) is 24.8. The Morgan fingerprint density at radius 2 is 1.76 bits per heavy atom. The molecule has 0 aliphatic carbocycles. The first-order valence-electron chi connectivity index (χ1n) is 10.1. The molecule has 3 rings (SSSR count). The Kier molecular flexibility index (Phi) is 7.50. The van der Waals surface area contributed by atoms with E-state index in [4.69, 9.17) is 4.74 Å². The molecule has 0 aromatic heterocycles. The van der Waals surface area contributed by atoms with E-state index in [0.29, 0.717) is 18.7 Å². The number of methoxy groups -OCH3 is 1. The van der Waals surface area contributed by atoms with Crippen LogP contribution in [0, 0.1) is 24.0 Å². The quantitative estimate of drug-likeness (QED) is 0.417. The second-order valence-corrected chi connectivity index (χ2v) is 9.62. The molecule has 0 unspecified atom stereocenters. The van der Waals surface area contributed by atoms with Gasteiger partial charge in [-0.2, -0.15) is 13.1 Å². The molecule has 0 atom stereocenters. The van der Waals surface area contributed by atoms with Gasteiger partial charge in [0.1, 0.15) is 0 Å². The molecular weight excluding hydrogens is 460 g/mol. The summed E-state index contributed by atoms with van der Waals surface area (Å²) in [6.45, 7) is 1.67. The van der Waals surface area contributed by atoms with Gasteiger partial charge in [0.2, 0.25) is 10.0 Å². The monoisotopic (exact) mass is 485 g/mol. The predicted octanol–water partition coefficient (Wildman–Crippen LogP) is 3.33. The van der Waals surface area contributed by atoms with E-state index in [-0.39, 0.29) is 41.5 Å². The van der Waals surface area contributed by atoms with Crippen molar-refractivity contribution in [2.75, 3.05) is 33.3 Å². The molecule has 1 aliphatic rings. The number of piperazine rings is 1. The van der Waals surface area contributed by atoms with E-state index in [0.717, 1.165) is 11.6 Å². The Hall–Kier alpha value is -2.83. The van der Waals surface area contributed by atoms with Gasteiger partial charge in [0.15, 0.2) is 11.5 Å².